The monoisotopic (exact) mass is 472 g/mol. The van der Waals surface area contributed by atoms with Gasteiger partial charge in [-0.2, -0.15) is 0 Å². The molecule has 31 heavy (non-hydrogen) atoms. The Labute approximate surface area is 186 Å². The smallest absolute Gasteiger partial charge is 0.237 e. The maximum Gasteiger partial charge on any atom is 0.237 e. The lowest BCUT2D eigenvalue weighted by Crippen LogP contribution is -2.70. The van der Waals surface area contributed by atoms with E-state index in [-0.39, 0.29) is 24.9 Å². The van der Waals surface area contributed by atoms with Gasteiger partial charge < -0.3 is 10.6 Å². The maximum absolute atomic E-state index is 15.1. The van der Waals surface area contributed by atoms with Crippen LogP contribution in [0.15, 0.2) is 30.3 Å². The lowest BCUT2D eigenvalue weighted by molar-refractivity contribution is -0.131. The van der Waals surface area contributed by atoms with Gasteiger partial charge in [0.2, 0.25) is 5.91 Å². The zero-order chi connectivity index (χ0) is 22.2. The maximum atomic E-state index is 15.1. The number of halogens is 6. The Balaban J connectivity index is 1.74. The SMILES string of the molecule is O=C1Nc2cc(Cl)ccc2[C@@]12[C@@H](c1ccc(F)c(Cl)c1F)CNC21CC(CF)(CF)C1. The highest BCUT2D eigenvalue weighted by atomic mass is 35.5. The van der Waals surface area contributed by atoms with Crippen molar-refractivity contribution in [3.05, 3.63) is 63.1 Å². The van der Waals surface area contributed by atoms with Crippen molar-refractivity contribution in [3.63, 3.8) is 0 Å². The van der Waals surface area contributed by atoms with E-state index in [1.807, 2.05) is 0 Å². The largest absolute Gasteiger partial charge is 0.325 e. The van der Waals surface area contributed by atoms with Gasteiger partial charge in [-0.25, -0.2) is 8.78 Å². The number of alkyl halides is 2. The van der Waals surface area contributed by atoms with Crippen LogP contribution >= 0.6 is 23.2 Å². The van der Waals surface area contributed by atoms with E-state index in [0.29, 0.717) is 16.3 Å². The first kappa shape index (κ1) is 21.0. The highest BCUT2D eigenvalue weighted by molar-refractivity contribution is 6.31. The van der Waals surface area contributed by atoms with E-state index >= 15 is 4.39 Å². The fourth-order valence-corrected chi connectivity index (χ4v) is 6.41. The first-order valence-corrected chi connectivity index (χ1v) is 10.6. The molecule has 1 saturated heterocycles. The van der Waals surface area contributed by atoms with Gasteiger partial charge in [0.25, 0.3) is 0 Å². The van der Waals surface area contributed by atoms with E-state index < -0.39 is 58.2 Å². The molecule has 2 atom stereocenters. The number of carbonyl (C=O) groups is 1. The molecular formula is C22H18Cl2F4N2O. The van der Waals surface area contributed by atoms with E-state index in [4.69, 9.17) is 23.2 Å². The van der Waals surface area contributed by atoms with Crippen LogP contribution in [0.3, 0.4) is 0 Å². The molecule has 0 aromatic heterocycles. The molecule has 2 spiro atoms. The van der Waals surface area contributed by atoms with Crippen LogP contribution in [-0.2, 0) is 10.2 Å². The Morgan fingerprint density at radius 2 is 1.77 bits per heavy atom. The molecule has 9 heteroatoms. The van der Waals surface area contributed by atoms with Crippen LogP contribution in [0, 0.1) is 17.0 Å². The number of amides is 1. The summed E-state index contributed by atoms with van der Waals surface area (Å²) in [6, 6.07) is 7.24. The topological polar surface area (TPSA) is 41.1 Å². The van der Waals surface area contributed by atoms with Gasteiger partial charge in [0, 0.05) is 34.1 Å². The zero-order valence-electron chi connectivity index (χ0n) is 16.2. The molecule has 3 nitrogen and oxygen atoms in total. The summed E-state index contributed by atoms with van der Waals surface area (Å²) in [7, 11) is 0. The molecule has 5 rings (SSSR count). The van der Waals surface area contributed by atoms with Gasteiger partial charge in [0.05, 0.1) is 13.3 Å². The van der Waals surface area contributed by atoms with E-state index in [9.17, 15) is 18.0 Å². The highest BCUT2D eigenvalue weighted by Crippen LogP contribution is 2.67. The van der Waals surface area contributed by atoms with Gasteiger partial charge in [-0.3, -0.25) is 13.6 Å². The number of benzene rings is 2. The third-order valence-corrected chi connectivity index (χ3v) is 7.88. The van der Waals surface area contributed by atoms with Crippen LogP contribution in [0.4, 0.5) is 23.2 Å². The fourth-order valence-electron chi connectivity index (χ4n) is 6.06. The van der Waals surface area contributed by atoms with Crippen molar-refractivity contribution in [1.82, 2.24) is 5.32 Å². The highest BCUT2D eigenvalue weighted by Gasteiger charge is 2.75. The standard InChI is InChI=1S/C22H18Cl2F4N2O/c23-11-1-3-13-16(5-11)30-19(31)22(13)14(12-2-4-15(27)17(24)18(12)28)6-29-21(22)7-20(8-21,9-25)10-26/h1-5,14,29H,6-10H2,(H,30,31)/t14-,22-/m1/s1. The van der Waals surface area contributed by atoms with Crippen molar-refractivity contribution < 1.29 is 22.4 Å². The minimum atomic E-state index is -1.36. The Kier molecular flexibility index (Phi) is 4.64. The van der Waals surface area contributed by atoms with E-state index in [0.717, 1.165) is 6.07 Å². The summed E-state index contributed by atoms with van der Waals surface area (Å²) in [5.41, 5.74) is -2.43. The van der Waals surface area contributed by atoms with Crippen LogP contribution in [0.2, 0.25) is 10.0 Å². The van der Waals surface area contributed by atoms with Crippen molar-refractivity contribution in [1.29, 1.82) is 0 Å². The fraction of sp³-hybridized carbons (Fsp3) is 0.409. The predicted octanol–water partition coefficient (Wildman–Crippen LogP) is 5.31. The van der Waals surface area contributed by atoms with Crippen LogP contribution in [0.5, 0.6) is 0 Å². The molecular weight excluding hydrogens is 455 g/mol. The quantitative estimate of drug-likeness (QED) is 0.469. The molecule has 1 amide bonds. The number of nitrogens with one attached hydrogen (secondary N) is 2. The second kappa shape index (κ2) is 6.83. The number of carbonyl (C=O) groups excluding carboxylic acids is 1. The molecule has 0 bridgehead atoms. The molecule has 2 fully saturated rings. The molecule has 1 saturated carbocycles. The molecule has 2 aliphatic heterocycles. The average Bonchev–Trinajstić information content (AvgIpc) is 3.21. The first-order valence-electron chi connectivity index (χ1n) is 9.85. The molecule has 2 heterocycles. The molecule has 2 N–H and O–H groups in total. The predicted molar refractivity (Wildman–Crippen MR) is 110 cm³/mol. The summed E-state index contributed by atoms with van der Waals surface area (Å²) in [5.74, 6) is -3.03. The van der Waals surface area contributed by atoms with Crippen molar-refractivity contribution in [2.45, 2.75) is 29.7 Å². The second-order valence-corrected chi connectivity index (χ2v) is 9.67. The van der Waals surface area contributed by atoms with E-state index in [1.165, 1.54) is 6.07 Å². The minimum absolute atomic E-state index is 0.0650. The summed E-state index contributed by atoms with van der Waals surface area (Å²) in [5, 5.41) is 5.86. The summed E-state index contributed by atoms with van der Waals surface area (Å²) in [4.78, 5) is 13.6. The third-order valence-electron chi connectivity index (χ3n) is 7.30. The van der Waals surface area contributed by atoms with Crippen molar-refractivity contribution >= 4 is 34.8 Å². The van der Waals surface area contributed by atoms with Crippen LogP contribution in [-0.4, -0.2) is 31.3 Å². The third kappa shape index (κ3) is 2.54. The number of fused-ring (bicyclic) bond motifs is 3. The van der Waals surface area contributed by atoms with Crippen molar-refractivity contribution in [3.8, 4) is 0 Å². The Hall–Kier alpha value is -1.83. The van der Waals surface area contributed by atoms with Gasteiger partial charge in [0.1, 0.15) is 22.1 Å². The summed E-state index contributed by atoms with van der Waals surface area (Å²) >= 11 is 11.9. The van der Waals surface area contributed by atoms with Gasteiger partial charge in [-0.05, 0) is 42.2 Å². The molecule has 2 aromatic carbocycles. The molecule has 0 radical (unpaired) electrons. The zero-order valence-corrected chi connectivity index (χ0v) is 17.7. The van der Waals surface area contributed by atoms with Gasteiger partial charge >= 0.3 is 0 Å². The lowest BCUT2D eigenvalue weighted by Gasteiger charge is -2.59. The van der Waals surface area contributed by atoms with E-state index in [2.05, 4.69) is 10.6 Å². The number of rotatable bonds is 3. The normalized spacial score (nSPS) is 27.4. The number of hydrogen-bond acceptors (Lipinski definition) is 2. The first-order chi connectivity index (χ1) is 14.7. The molecule has 2 aromatic rings. The number of hydrogen-bond donors (Lipinski definition) is 2. The van der Waals surface area contributed by atoms with Gasteiger partial charge in [0.15, 0.2) is 0 Å². The van der Waals surface area contributed by atoms with Crippen molar-refractivity contribution in [2.24, 2.45) is 5.41 Å². The van der Waals surface area contributed by atoms with Gasteiger partial charge in [-0.15, -0.1) is 0 Å². The molecule has 0 unspecified atom stereocenters. The second-order valence-electron chi connectivity index (χ2n) is 8.85. The van der Waals surface area contributed by atoms with Crippen LogP contribution in [0.1, 0.15) is 29.9 Å². The summed E-state index contributed by atoms with van der Waals surface area (Å²) < 4.78 is 56.4. The minimum Gasteiger partial charge on any atom is -0.325 e. The molecule has 164 valence electrons. The van der Waals surface area contributed by atoms with Crippen molar-refractivity contribution in [2.75, 3.05) is 25.2 Å². The van der Waals surface area contributed by atoms with Crippen LogP contribution in [0.25, 0.3) is 0 Å². The lowest BCUT2D eigenvalue weighted by atomic mass is 9.46. The molecule has 3 aliphatic rings. The summed E-state index contributed by atoms with van der Waals surface area (Å²) in [6.07, 6.45) is 0.130. The summed E-state index contributed by atoms with van der Waals surface area (Å²) in [6.45, 7) is -1.57. The Bertz CT molecular complexity index is 1100. The average molecular weight is 473 g/mol. The Morgan fingerprint density at radius 1 is 1.06 bits per heavy atom. The van der Waals surface area contributed by atoms with Gasteiger partial charge in [-0.1, -0.05) is 35.3 Å². The number of anilines is 1. The van der Waals surface area contributed by atoms with E-state index in [1.54, 1.807) is 18.2 Å². The Morgan fingerprint density at radius 3 is 2.45 bits per heavy atom. The van der Waals surface area contributed by atoms with Crippen LogP contribution < -0.4 is 10.6 Å². The molecule has 1 aliphatic carbocycles.